The lowest BCUT2D eigenvalue weighted by Crippen LogP contribution is -1.96. The summed E-state index contributed by atoms with van der Waals surface area (Å²) in [7, 11) is 1.73. The molecule has 0 amide bonds. The van der Waals surface area contributed by atoms with Gasteiger partial charge in [-0.1, -0.05) is 31.2 Å². The molecule has 16 heavy (non-hydrogen) atoms. The van der Waals surface area contributed by atoms with Crippen molar-refractivity contribution in [2.75, 3.05) is 13.7 Å². The van der Waals surface area contributed by atoms with Gasteiger partial charge in [0.2, 0.25) is 0 Å². The third kappa shape index (κ3) is 4.15. The van der Waals surface area contributed by atoms with E-state index in [0.29, 0.717) is 12.3 Å². The maximum atomic E-state index is 10.4. The lowest BCUT2D eigenvalue weighted by molar-refractivity contribution is -0.108. The van der Waals surface area contributed by atoms with Crippen LogP contribution in [-0.4, -0.2) is 20.0 Å². The van der Waals surface area contributed by atoms with Crippen molar-refractivity contribution in [2.24, 2.45) is 0 Å². The smallest absolute Gasteiger partial charge is 0.120 e. The largest absolute Gasteiger partial charge is 0.385 e. The molecule has 0 radical (unpaired) electrons. The highest BCUT2D eigenvalue weighted by Crippen LogP contribution is 2.18. The number of carbonyl (C=O) groups excluding carboxylic acids is 1. The highest BCUT2D eigenvalue weighted by atomic mass is 16.5. The van der Waals surface area contributed by atoms with Crippen LogP contribution in [-0.2, 0) is 16.0 Å². The summed E-state index contributed by atoms with van der Waals surface area (Å²) in [5, 5.41) is 0. The molecule has 0 saturated heterocycles. The van der Waals surface area contributed by atoms with Crippen LogP contribution < -0.4 is 0 Å². The zero-order chi connectivity index (χ0) is 11.8. The van der Waals surface area contributed by atoms with Gasteiger partial charge in [-0.15, -0.1) is 0 Å². The van der Waals surface area contributed by atoms with Crippen LogP contribution in [0, 0.1) is 0 Å². The van der Waals surface area contributed by atoms with Gasteiger partial charge in [0.1, 0.15) is 6.29 Å². The van der Waals surface area contributed by atoms with Crippen molar-refractivity contribution >= 4 is 6.29 Å². The first-order chi connectivity index (χ1) is 7.77. The van der Waals surface area contributed by atoms with Crippen molar-refractivity contribution in [1.82, 2.24) is 0 Å². The molecule has 0 aliphatic heterocycles. The molecule has 0 heterocycles. The number of carbonyl (C=O) groups is 1. The van der Waals surface area contributed by atoms with Crippen LogP contribution in [0.15, 0.2) is 24.3 Å². The molecule has 2 heteroatoms. The summed E-state index contributed by atoms with van der Waals surface area (Å²) in [5.41, 5.74) is 2.57. The molecule has 1 aromatic rings. The molecule has 1 rings (SSSR count). The molecule has 2 nitrogen and oxygen atoms in total. The fourth-order valence-electron chi connectivity index (χ4n) is 1.71. The molecule has 0 spiro atoms. The number of aldehydes is 1. The van der Waals surface area contributed by atoms with Crippen LogP contribution in [0.5, 0.6) is 0 Å². The minimum atomic E-state index is 0.325. The molecular formula is C14H20O2. The summed E-state index contributed by atoms with van der Waals surface area (Å²) in [6.45, 7) is 2.89. The van der Waals surface area contributed by atoms with Crippen LogP contribution >= 0.6 is 0 Å². The number of rotatable bonds is 7. The summed E-state index contributed by atoms with van der Waals surface area (Å²) in [4.78, 5) is 10.4. The molecule has 0 aliphatic rings. The van der Waals surface area contributed by atoms with Gasteiger partial charge in [0.05, 0.1) is 0 Å². The monoisotopic (exact) mass is 220 g/mol. The number of aryl methyl sites for hydroxylation is 1. The number of hydrogen-bond donors (Lipinski definition) is 0. The summed E-state index contributed by atoms with van der Waals surface area (Å²) in [6.07, 6.45) is 3.69. The van der Waals surface area contributed by atoms with Gasteiger partial charge in [-0.3, -0.25) is 0 Å². The zero-order valence-corrected chi connectivity index (χ0v) is 10.1. The SMILES string of the molecule is COCCCc1ccc(C(C)CC=O)cc1. The summed E-state index contributed by atoms with van der Waals surface area (Å²) in [6, 6.07) is 8.53. The van der Waals surface area contributed by atoms with Gasteiger partial charge in [-0.25, -0.2) is 0 Å². The fourth-order valence-corrected chi connectivity index (χ4v) is 1.71. The molecule has 1 atom stereocenters. The fraction of sp³-hybridized carbons (Fsp3) is 0.500. The van der Waals surface area contributed by atoms with Crippen molar-refractivity contribution in [3.63, 3.8) is 0 Å². The average Bonchev–Trinajstić information content (AvgIpc) is 2.30. The minimum absolute atomic E-state index is 0.325. The van der Waals surface area contributed by atoms with Crippen molar-refractivity contribution < 1.29 is 9.53 Å². The van der Waals surface area contributed by atoms with Crippen LogP contribution in [0.2, 0.25) is 0 Å². The van der Waals surface area contributed by atoms with Gasteiger partial charge in [0, 0.05) is 20.1 Å². The molecule has 0 aliphatic carbocycles. The van der Waals surface area contributed by atoms with Crippen LogP contribution in [0.4, 0.5) is 0 Å². The minimum Gasteiger partial charge on any atom is -0.385 e. The van der Waals surface area contributed by atoms with Crippen molar-refractivity contribution in [3.8, 4) is 0 Å². The Bertz CT molecular complexity index is 303. The first-order valence-electron chi connectivity index (χ1n) is 5.79. The average molecular weight is 220 g/mol. The number of ether oxygens (including phenoxy) is 1. The molecule has 0 bridgehead atoms. The standard InChI is InChI=1S/C14H20O2/c1-12(9-10-15)14-7-5-13(6-8-14)4-3-11-16-2/h5-8,10,12H,3-4,9,11H2,1-2H3. The van der Waals surface area contributed by atoms with E-state index in [1.54, 1.807) is 7.11 Å². The molecule has 1 aromatic carbocycles. The van der Waals surface area contributed by atoms with Crippen molar-refractivity contribution in [2.45, 2.75) is 32.1 Å². The van der Waals surface area contributed by atoms with E-state index in [1.807, 2.05) is 0 Å². The van der Waals surface area contributed by atoms with E-state index >= 15 is 0 Å². The Morgan fingerprint density at radius 2 is 2.00 bits per heavy atom. The molecule has 0 N–H and O–H groups in total. The first-order valence-corrected chi connectivity index (χ1v) is 5.79. The quantitative estimate of drug-likeness (QED) is 0.521. The lowest BCUT2D eigenvalue weighted by atomic mass is 9.96. The molecule has 0 aromatic heterocycles. The number of benzene rings is 1. The van der Waals surface area contributed by atoms with Crippen LogP contribution in [0.1, 0.15) is 36.8 Å². The normalized spacial score (nSPS) is 12.4. The zero-order valence-electron chi connectivity index (χ0n) is 10.1. The topological polar surface area (TPSA) is 26.3 Å². The van der Waals surface area contributed by atoms with E-state index in [9.17, 15) is 4.79 Å². The molecule has 0 saturated carbocycles. The molecule has 1 unspecified atom stereocenters. The molecular weight excluding hydrogens is 200 g/mol. The third-order valence-electron chi connectivity index (χ3n) is 2.81. The van der Waals surface area contributed by atoms with Crippen molar-refractivity contribution in [3.05, 3.63) is 35.4 Å². The van der Waals surface area contributed by atoms with Gasteiger partial charge in [0.25, 0.3) is 0 Å². The Morgan fingerprint density at radius 3 is 2.56 bits per heavy atom. The van der Waals surface area contributed by atoms with E-state index < -0.39 is 0 Å². The highest BCUT2D eigenvalue weighted by molar-refractivity contribution is 5.51. The Kier molecular flexibility index (Phi) is 5.79. The molecule has 0 fully saturated rings. The first kappa shape index (κ1) is 12.9. The van der Waals surface area contributed by atoms with E-state index in [4.69, 9.17) is 4.74 Å². The Hall–Kier alpha value is -1.15. The predicted molar refractivity (Wildman–Crippen MR) is 65.7 cm³/mol. The van der Waals surface area contributed by atoms with Gasteiger partial charge >= 0.3 is 0 Å². The second-order valence-corrected chi connectivity index (χ2v) is 4.14. The van der Waals surface area contributed by atoms with Gasteiger partial charge in [-0.2, -0.15) is 0 Å². The third-order valence-corrected chi connectivity index (χ3v) is 2.81. The second-order valence-electron chi connectivity index (χ2n) is 4.14. The Balaban J connectivity index is 2.50. The Morgan fingerprint density at radius 1 is 1.31 bits per heavy atom. The van der Waals surface area contributed by atoms with E-state index in [0.717, 1.165) is 25.7 Å². The summed E-state index contributed by atoms with van der Waals surface area (Å²) < 4.78 is 5.02. The van der Waals surface area contributed by atoms with Crippen molar-refractivity contribution in [1.29, 1.82) is 0 Å². The number of hydrogen-bond acceptors (Lipinski definition) is 2. The van der Waals surface area contributed by atoms with E-state index in [-0.39, 0.29) is 0 Å². The molecule has 88 valence electrons. The van der Waals surface area contributed by atoms with Crippen LogP contribution in [0.25, 0.3) is 0 Å². The highest BCUT2D eigenvalue weighted by Gasteiger charge is 2.04. The summed E-state index contributed by atoms with van der Waals surface area (Å²) >= 11 is 0. The van der Waals surface area contributed by atoms with Gasteiger partial charge < -0.3 is 9.53 Å². The van der Waals surface area contributed by atoms with Crippen LogP contribution in [0.3, 0.4) is 0 Å². The lowest BCUT2D eigenvalue weighted by Gasteiger charge is -2.09. The summed E-state index contributed by atoms with van der Waals surface area (Å²) in [5.74, 6) is 0.325. The maximum Gasteiger partial charge on any atom is 0.120 e. The van der Waals surface area contributed by atoms with E-state index in [1.165, 1.54) is 11.1 Å². The Labute approximate surface area is 97.6 Å². The van der Waals surface area contributed by atoms with Gasteiger partial charge in [0.15, 0.2) is 0 Å². The maximum absolute atomic E-state index is 10.4. The van der Waals surface area contributed by atoms with Gasteiger partial charge in [-0.05, 0) is 29.9 Å². The number of methoxy groups -OCH3 is 1. The second kappa shape index (κ2) is 7.18. The predicted octanol–water partition coefficient (Wildman–Crippen LogP) is 2.96. The van der Waals surface area contributed by atoms with E-state index in [2.05, 4.69) is 31.2 Å².